The van der Waals surface area contributed by atoms with E-state index >= 15 is 0 Å². The Hall–Kier alpha value is -2.87. The van der Waals surface area contributed by atoms with Crippen molar-refractivity contribution in [3.05, 3.63) is 48.8 Å². The first-order chi connectivity index (χ1) is 12.2. The van der Waals surface area contributed by atoms with Crippen LogP contribution in [0.15, 0.2) is 53.9 Å². The number of nitrogens with zero attached hydrogens (tertiary/aromatic N) is 4. The highest BCUT2D eigenvalue weighted by Crippen LogP contribution is 2.28. The van der Waals surface area contributed by atoms with Gasteiger partial charge in [0.25, 0.3) is 0 Å². The second-order valence-electron chi connectivity index (χ2n) is 4.95. The lowest BCUT2D eigenvalue weighted by Crippen LogP contribution is -2.05. The summed E-state index contributed by atoms with van der Waals surface area (Å²) in [5.41, 5.74) is 1.69. The molecule has 0 unspecified atom stereocenters. The van der Waals surface area contributed by atoms with Gasteiger partial charge in [-0.1, -0.05) is 11.8 Å². The van der Waals surface area contributed by atoms with Crippen LogP contribution in [-0.2, 0) is 9.53 Å². The molecule has 0 radical (unpaired) electrons. The number of aromatic nitrogens is 4. The lowest BCUT2D eigenvalue weighted by molar-refractivity contribution is -0.137. The van der Waals surface area contributed by atoms with Crippen molar-refractivity contribution >= 4 is 17.7 Å². The van der Waals surface area contributed by atoms with E-state index in [4.69, 9.17) is 9.47 Å². The zero-order valence-corrected chi connectivity index (χ0v) is 14.6. The second-order valence-corrected chi connectivity index (χ2v) is 5.89. The van der Waals surface area contributed by atoms with Crippen molar-refractivity contribution in [3.8, 4) is 22.8 Å². The van der Waals surface area contributed by atoms with E-state index in [0.29, 0.717) is 11.0 Å². The molecule has 0 bridgehead atoms. The summed E-state index contributed by atoms with van der Waals surface area (Å²) in [6.07, 6.45) is 3.42. The first-order valence-electron chi connectivity index (χ1n) is 7.43. The number of carbonyl (C=O) groups is 1. The third kappa shape index (κ3) is 3.80. The van der Waals surface area contributed by atoms with Crippen LogP contribution >= 0.6 is 11.8 Å². The standard InChI is InChI=1S/C17H16N4O3S/c1-23-14-7-5-13(6-8-14)21-16(12-4-3-9-18-10-12)19-20-17(21)25-11-15(22)24-2/h3-10H,11H2,1-2H3. The minimum atomic E-state index is -0.322. The predicted molar refractivity (Wildman–Crippen MR) is 93.9 cm³/mol. The fourth-order valence-corrected chi connectivity index (χ4v) is 2.98. The van der Waals surface area contributed by atoms with Crippen LogP contribution in [0.3, 0.4) is 0 Å². The molecule has 3 rings (SSSR count). The van der Waals surface area contributed by atoms with Gasteiger partial charge >= 0.3 is 5.97 Å². The van der Waals surface area contributed by atoms with Crippen molar-refractivity contribution in [2.24, 2.45) is 0 Å². The molecule has 2 heterocycles. The molecule has 7 nitrogen and oxygen atoms in total. The molecule has 0 saturated carbocycles. The van der Waals surface area contributed by atoms with Gasteiger partial charge in [-0.3, -0.25) is 14.3 Å². The van der Waals surface area contributed by atoms with Crippen LogP contribution < -0.4 is 4.74 Å². The van der Waals surface area contributed by atoms with E-state index in [1.165, 1.54) is 18.9 Å². The van der Waals surface area contributed by atoms with Crippen molar-refractivity contribution < 1.29 is 14.3 Å². The van der Waals surface area contributed by atoms with Crippen LogP contribution in [0.2, 0.25) is 0 Å². The zero-order valence-electron chi connectivity index (χ0n) is 13.7. The Labute approximate surface area is 149 Å². The summed E-state index contributed by atoms with van der Waals surface area (Å²) in [4.78, 5) is 15.6. The van der Waals surface area contributed by atoms with Gasteiger partial charge in [-0.05, 0) is 36.4 Å². The molecule has 0 spiro atoms. The van der Waals surface area contributed by atoms with Gasteiger partial charge in [0, 0.05) is 23.6 Å². The Morgan fingerprint density at radius 2 is 1.96 bits per heavy atom. The quantitative estimate of drug-likeness (QED) is 0.496. The molecule has 25 heavy (non-hydrogen) atoms. The minimum absolute atomic E-state index is 0.151. The van der Waals surface area contributed by atoms with Gasteiger partial charge in [-0.2, -0.15) is 0 Å². The molecule has 0 fully saturated rings. The second kappa shape index (κ2) is 7.80. The molecule has 0 amide bonds. The molecule has 0 atom stereocenters. The zero-order chi connectivity index (χ0) is 17.6. The Morgan fingerprint density at radius 3 is 2.60 bits per heavy atom. The van der Waals surface area contributed by atoms with Crippen LogP contribution in [-0.4, -0.2) is 45.7 Å². The van der Waals surface area contributed by atoms with Gasteiger partial charge in [-0.25, -0.2) is 0 Å². The van der Waals surface area contributed by atoms with Crippen LogP contribution in [0.4, 0.5) is 0 Å². The molecule has 128 valence electrons. The number of hydrogen-bond acceptors (Lipinski definition) is 7. The van der Waals surface area contributed by atoms with Crippen molar-refractivity contribution in [2.45, 2.75) is 5.16 Å². The van der Waals surface area contributed by atoms with Crippen LogP contribution in [0, 0.1) is 0 Å². The number of pyridine rings is 1. The van der Waals surface area contributed by atoms with Gasteiger partial charge < -0.3 is 9.47 Å². The van der Waals surface area contributed by atoms with Crippen molar-refractivity contribution in [2.75, 3.05) is 20.0 Å². The fraction of sp³-hybridized carbons (Fsp3) is 0.176. The van der Waals surface area contributed by atoms with Gasteiger partial charge in [0.2, 0.25) is 0 Å². The highest BCUT2D eigenvalue weighted by Gasteiger charge is 2.17. The molecular weight excluding hydrogens is 340 g/mol. The van der Waals surface area contributed by atoms with Gasteiger partial charge in [0.05, 0.1) is 20.0 Å². The smallest absolute Gasteiger partial charge is 0.316 e. The lowest BCUT2D eigenvalue weighted by atomic mass is 10.2. The van der Waals surface area contributed by atoms with E-state index in [1.807, 2.05) is 41.0 Å². The number of methoxy groups -OCH3 is 2. The number of rotatable bonds is 6. The number of carbonyl (C=O) groups excluding carboxylic acids is 1. The van der Waals surface area contributed by atoms with Gasteiger partial charge in [0.15, 0.2) is 11.0 Å². The average Bonchev–Trinajstić information content (AvgIpc) is 3.10. The molecule has 0 aliphatic heterocycles. The number of benzene rings is 1. The molecule has 3 aromatic rings. The maximum atomic E-state index is 11.5. The Kier molecular flexibility index (Phi) is 5.30. The van der Waals surface area contributed by atoms with Crippen molar-refractivity contribution in [3.63, 3.8) is 0 Å². The SMILES string of the molecule is COC(=O)CSc1nnc(-c2cccnc2)n1-c1ccc(OC)cc1. The number of thioether (sulfide) groups is 1. The Bertz CT molecular complexity index is 850. The summed E-state index contributed by atoms with van der Waals surface area (Å²) in [6.45, 7) is 0. The summed E-state index contributed by atoms with van der Waals surface area (Å²) in [5.74, 6) is 1.23. The summed E-state index contributed by atoms with van der Waals surface area (Å²) >= 11 is 1.26. The van der Waals surface area contributed by atoms with Crippen molar-refractivity contribution in [1.29, 1.82) is 0 Å². The monoisotopic (exact) mass is 356 g/mol. The average molecular weight is 356 g/mol. The molecule has 0 aliphatic rings. The minimum Gasteiger partial charge on any atom is -0.497 e. The van der Waals surface area contributed by atoms with E-state index in [2.05, 4.69) is 15.2 Å². The molecule has 1 aromatic carbocycles. The Morgan fingerprint density at radius 1 is 1.16 bits per heavy atom. The number of ether oxygens (including phenoxy) is 2. The van der Waals surface area contributed by atoms with Crippen LogP contribution in [0.1, 0.15) is 0 Å². The van der Waals surface area contributed by atoms with E-state index < -0.39 is 0 Å². The van der Waals surface area contributed by atoms with Crippen LogP contribution in [0.25, 0.3) is 17.1 Å². The van der Waals surface area contributed by atoms with E-state index in [9.17, 15) is 4.79 Å². The molecule has 0 aliphatic carbocycles. The molecule has 0 N–H and O–H groups in total. The Balaban J connectivity index is 2.04. The first kappa shape index (κ1) is 17.0. The molecule has 8 heteroatoms. The summed E-state index contributed by atoms with van der Waals surface area (Å²) in [7, 11) is 2.98. The summed E-state index contributed by atoms with van der Waals surface area (Å²) in [6, 6.07) is 11.3. The first-order valence-corrected chi connectivity index (χ1v) is 8.41. The molecular formula is C17H16N4O3S. The largest absolute Gasteiger partial charge is 0.497 e. The third-order valence-corrected chi connectivity index (χ3v) is 4.33. The molecule has 2 aromatic heterocycles. The predicted octanol–water partition coefficient (Wildman–Crippen LogP) is 2.60. The highest BCUT2D eigenvalue weighted by atomic mass is 32.2. The normalized spacial score (nSPS) is 10.5. The molecule has 0 saturated heterocycles. The topological polar surface area (TPSA) is 79.1 Å². The summed E-state index contributed by atoms with van der Waals surface area (Å²) in [5, 5.41) is 9.10. The van der Waals surface area contributed by atoms with Gasteiger partial charge in [-0.15, -0.1) is 10.2 Å². The maximum Gasteiger partial charge on any atom is 0.316 e. The van der Waals surface area contributed by atoms with E-state index in [1.54, 1.807) is 19.5 Å². The number of esters is 1. The van der Waals surface area contributed by atoms with E-state index in [-0.39, 0.29) is 11.7 Å². The van der Waals surface area contributed by atoms with Crippen LogP contribution in [0.5, 0.6) is 5.75 Å². The van der Waals surface area contributed by atoms with Gasteiger partial charge in [0.1, 0.15) is 5.75 Å². The highest BCUT2D eigenvalue weighted by molar-refractivity contribution is 7.99. The third-order valence-electron chi connectivity index (χ3n) is 3.43. The maximum absolute atomic E-state index is 11.5. The van der Waals surface area contributed by atoms with E-state index in [0.717, 1.165) is 17.0 Å². The lowest BCUT2D eigenvalue weighted by Gasteiger charge is -2.10. The fourth-order valence-electron chi connectivity index (χ4n) is 2.19. The van der Waals surface area contributed by atoms with Crippen molar-refractivity contribution in [1.82, 2.24) is 19.7 Å². The number of hydrogen-bond donors (Lipinski definition) is 0. The summed E-state index contributed by atoms with van der Waals surface area (Å²) < 4.78 is 11.8.